The first-order valence-corrected chi connectivity index (χ1v) is 10.6. The molecule has 4 rings (SSSR count). The third kappa shape index (κ3) is 3.59. The normalized spacial score (nSPS) is 13.1. The van der Waals surface area contributed by atoms with E-state index in [4.69, 9.17) is 0 Å². The van der Waals surface area contributed by atoms with Crippen LogP contribution in [-0.4, -0.2) is 18.4 Å². The van der Waals surface area contributed by atoms with Gasteiger partial charge >= 0.3 is 5.69 Å². The first-order chi connectivity index (χ1) is 12.9. The fraction of sp³-hybridized carbons (Fsp3) is 0.105. The molecule has 27 heavy (non-hydrogen) atoms. The Morgan fingerprint density at radius 2 is 1.74 bits per heavy atom. The molecule has 8 heteroatoms. The maximum atomic E-state index is 13.0. The Labute approximate surface area is 159 Å². The first kappa shape index (κ1) is 17.7. The second kappa shape index (κ2) is 6.80. The number of aryl methyl sites for hydroxylation is 1. The van der Waals surface area contributed by atoms with E-state index in [1.807, 2.05) is 48.7 Å². The van der Waals surface area contributed by atoms with Crippen LogP contribution >= 0.6 is 11.3 Å². The standard InChI is InChI=1S/C19H17N3O3S2/c1-12-4-6-13(7-5-12)18(17-3-2-10-26-17)22-27(24,25)14-8-9-15-16(11-14)21-19(23)20-15/h2-11,18,22H,1H3,(H2,20,21,23)/t18-/m0/s1. The van der Waals surface area contributed by atoms with E-state index >= 15 is 0 Å². The topological polar surface area (TPSA) is 94.8 Å². The predicted molar refractivity (Wildman–Crippen MR) is 107 cm³/mol. The van der Waals surface area contributed by atoms with Crippen LogP contribution < -0.4 is 10.4 Å². The van der Waals surface area contributed by atoms with Gasteiger partial charge in [-0.3, -0.25) is 0 Å². The Morgan fingerprint density at radius 3 is 2.44 bits per heavy atom. The summed E-state index contributed by atoms with van der Waals surface area (Å²) >= 11 is 1.49. The van der Waals surface area contributed by atoms with Gasteiger partial charge < -0.3 is 9.97 Å². The maximum absolute atomic E-state index is 13.0. The molecular weight excluding hydrogens is 382 g/mol. The molecule has 0 radical (unpaired) electrons. The third-order valence-electron chi connectivity index (χ3n) is 4.31. The van der Waals surface area contributed by atoms with Gasteiger partial charge in [-0.25, -0.2) is 13.2 Å². The fourth-order valence-electron chi connectivity index (χ4n) is 2.91. The highest BCUT2D eigenvalue weighted by Gasteiger charge is 2.24. The average molecular weight is 399 g/mol. The second-order valence-corrected chi connectivity index (χ2v) is 8.96. The molecule has 2 aromatic carbocycles. The van der Waals surface area contributed by atoms with Crippen molar-refractivity contribution >= 4 is 32.4 Å². The molecule has 2 heterocycles. The SMILES string of the molecule is Cc1ccc([C@H](NS(=O)(=O)c2ccc3[nH]c(=O)[nH]c3c2)c2cccs2)cc1. The van der Waals surface area contributed by atoms with Gasteiger partial charge in [0.1, 0.15) is 0 Å². The van der Waals surface area contributed by atoms with Crippen molar-refractivity contribution in [1.82, 2.24) is 14.7 Å². The second-order valence-electron chi connectivity index (χ2n) is 6.27. The van der Waals surface area contributed by atoms with Crippen LogP contribution in [0.1, 0.15) is 22.0 Å². The predicted octanol–water partition coefficient (Wildman–Crippen LogP) is 3.29. The first-order valence-electron chi connectivity index (χ1n) is 8.27. The van der Waals surface area contributed by atoms with Gasteiger partial charge in [0.15, 0.2) is 0 Å². The largest absolute Gasteiger partial charge is 0.323 e. The Bertz CT molecular complexity index is 1240. The number of thiophene rings is 1. The highest BCUT2D eigenvalue weighted by molar-refractivity contribution is 7.89. The zero-order valence-corrected chi connectivity index (χ0v) is 16.0. The average Bonchev–Trinajstić information content (AvgIpc) is 3.28. The van der Waals surface area contributed by atoms with E-state index in [0.29, 0.717) is 11.0 Å². The molecule has 0 fully saturated rings. The highest BCUT2D eigenvalue weighted by Crippen LogP contribution is 2.28. The van der Waals surface area contributed by atoms with E-state index in [-0.39, 0.29) is 10.6 Å². The number of H-pyrrole nitrogens is 2. The highest BCUT2D eigenvalue weighted by atomic mass is 32.2. The molecule has 4 aromatic rings. The fourth-order valence-corrected chi connectivity index (χ4v) is 5.01. The van der Waals surface area contributed by atoms with Gasteiger partial charge in [0.2, 0.25) is 10.0 Å². The number of aromatic amines is 2. The molecule has 1 atom stereocenters. The molecule has 0 bridgehead atoms. The van der Waals surface area contributed by atoms with Crippen LogP contribution in [0.3, 0.4) is 0 Å². The summed E-state index contributed by atoms with van der Waals surface area (Å²) in [7, 11) is -3.81. The van der Waals surface area contributed by atoms with Gasteiger partial charge in [-0.15, -0.1) is 11.3 Å². The summed E-state index contributed by atoms with van der Waals surface area (Å²) in [6.07, 6.45) is 0. The molecule has 0 spiro atoms. The number of hydrogen-bond donors (Lipinski definition) is 3. The Balaban J connectivity index is 1.74. The quantitative estimate of drug-likeness (QED) is 0.481. The van der Waals surface area contributed by atoms with Crippen molar-refractivity contribution in [2.24, 2.45) is 0 Å². The van der Waals surface area contributed by atoms with E-state index in [1.165, 1.54) is 23.5 Å². The summed E-state index contributed by atoms with van der Waals surface area (Å²) in [5.41, 5.74) is 2.61. The van der Waals surface area contributed by atoms with Gasteiger partial charge in [-0.1, -0.05) is 35.9 Å². The van der Waals surface area contributed by atoms with Crippen molar-refractivity contribution in [2.45, 2.75) is 17.9 Å². The van der Waals surface area contributed by atoms with Gasteiger partial charge in [0.05, 0.1) is 22.0 Å². The van der Waals surface area contributed by atoms with E-state index in [9.17, 15) is 13.2 Å². The number of rotatable bonds is 5. The molecule has 0 unspecified atom stereocenters. The zero-order valence-electron chi connectivity index (χ0n) is 14.4. The lowest BCUT2D eigenvalue weighted by molar-refractivity contribution is 0.573. The van der Waals surface area contributed by atoms with Gasteiger partial charge in [-0.2, -0.15) is 4.72 Å². The van der Waals surface area contributed by atoms with Gasteiger partial charge in [0, 0.05) is 4.88 Å². The van der Waals surface area contributed by atoms with E-state index in [1.54, 1.807) is 6.07 Å². The molecule has 0 aliphatic carbocycles. The lowest BCUT2D eigenvalue weighted by atomic mass is 10.0. The lowest BCUT2D eigenvalue weighted by Gasteiger charge is -2.18. The molecule has 6 nitrogen and oxygen atoms in total. The van der Waals surface area contributed by atoms with Crippen molar-refractivity contribution in [3.8, 4) is 0 Å². The Hall–Kier alpha value is -2.68. The van der Waals surface area contributed by atoms with Crippen LogP contribution in [0.4, 0.5) is 0 Å². The van der Waals surface area contributed by atoms with Crippen LogP contribution in [0.25, 0.3) is 11.0 Å². The number of benzene rings is 2. The molecule has 0 saturated carbocycles. The summed E-state index contributed by atoms with van der Waals surface area (Å²) in [6, 6.07) is 15.6. The number of fused-ring (bicyclic) bond motifs is 1. The van der Waals surface area contributed by atoms with E-state index < -0.39 is 16.1 Å². The number of sulfonamides is 1. The molecular formula is C19H17N3O3S2. The molecule has 3 N–H and O–H groups in total. The minimum atomic E-state index is -3.81. The molecule has 0 saturated heterocycles. The number of nitrogens with one attached hydrogen (secondary N) is 3. The molecule has 0 aliphatic heterocycles. The van der Waals surface area contributed by atoms with Crippen LogP contribution in [-0.2, 0) is 10.0 Å². The van der Waals surface area contributed by atoms with Crippen molar-refractivity contribution in [1.29, 1.82) is 0 Å². The molecule has 138 valence electrons. The summed E-state index contributed by atoms with van der Waals surface area (Å²) in [5, 5.41) is 1.92. The van der Waals surface area contributed by atoms with Crippen molar-refractivity contribution in [3.63, 3.8) is 0 Å². The van der Waals surface area contributed by atoms with E-state index in [2.05, 4.69) is 14.7 Å². The molecule has 0 aliphatic rings. The minimum Gasteiger partial charge on any atom is -0.306 e. The maximum Gasteiger partial charge on any atom is 0.323 e. The summed E-state index contributed by atoms with van der Waals surface area (Å²) in [5.74, 6) is 0. The number of imidazole rings is 1. The van der Waals surface area contributed by atoms with Crippen molar-refractivity contribution in [3.05, 3.63) is 86.5 Å². The minimum absolute atomic E-state index is 0.0962. The summed E-state index contributed by atoms with van der Waals surface area (Å²) in [6.45, 7) is 1.99. The number of hydrogen-bond acceptors (Lipinski definition) is 4. The van der Waals surface area contributed by atoms with Crippen LogP contribution in [0.2, 0.25) is 0 Å². The number of aromatic nitrogens is 2. The van der Waals surface area contributed by atoms with Gasteiger partial charge in [0.25, 0.3) is 0 Å². The van der Waals surface area contributed by atoms with E-state index in [0.717, 1.165) is 16.0 Å². The van der Waals surface area contributed by atoms with Crippen LogP contribution in [0.15, 0.2) is 69.7 Å². The monoisotopic (exact) mass is 399 g/mol. The van der Waals surface area contributed by atoms with Crippen molar-refractivity contribution in [2.75, 3.05) is 0 Å². The Morgan fingerprint density at radius 1 is 1.00 bits per heavy atom. The summed E-state index contributed by atoms with van der Waals surface area (Å²) < 4.78 is 28.8. The lowest BCUT2D eigenvalue weighted by Crippen LogP contribution is -2.29. The van der Waals surface area contributed by atoms with Gasteiger partial charge in [-0.05, 0) is 42.1 Å². The molecule has 0 amide bonds. The van der Waals surface area contributed by atoms with Crippen molar-refractivity contribution < 1.29 is 8.42 Å². The third-order valence-corrected chi connectivity index (χ3v) is 6.67. The van der Waals surface area contributed by atoms with Crippen LogP contribution in [0, 0.1) is 6.92 Å². The summed E-state index contributed by atoms with van der Waals surface area (Å²) in [4.78, 5) is 17.6. The van der Waals surface area contributed by atoms with Crippen LogP contribution in [0.5, 0.6) is 0 Å². The smallest absolute Gasteiger partial charge is 0.306 e. The molecule has 2 aromatic heterocycles. The zero-order chi connectivity index (χ0) is 19.0. The Kier molecular flexibility index (Phi) is 4.47.